The SMILES string of the molecule is Cc1nn(C(C)C(=O)Nc2c(C(N)=O)sc3nc(C(F)F)cc(-c4ccccc4)c23)c(C)c1Cl. The van der Waals surface area contributed by atoms with Gasteiger partial charge in [0.2, 0.25) is 5.91 Å². The molecule has 1 aromatic carbocycles. The number of anilines is 1. The van der Waals surface area contributed by atoms with Crippen molar-refractivity contribution in [1.82, 2.24) is 14.8 Å². The number of aryl methyl sites for hydroxylation is 1. The van der Waals surface area contributed by atoms with E-state index in [2.05, 4.69) is 15.4 Å². The molecule has 0 saturated heterocycles. The number of aromatic nitrogens is 3. The van der Waals surface area contributed by atoms with Crippen LogP contribution in [-0.4, -0.2) is 26.6 Å². The summed E-state index contributed by atoms with van der Waals surface area (Å²) < 4.78 is 28.7. The molecule has 3 aromatic heterocycles. The number of halogens is 3. The van der Waals surface area contributed by atoms with Gasteiger partial charge in [-0.05, 0) is 38.0 Å². The second-order valence-electron chi connectivity index (χ2n) is 7.71. The van der Waals surface area contributed by atoms with Gasteiger partial charge in [0, 0.05) is 5.39 Å². The number of benzene rings is 1. The summed E-state index contributed by atoms with van der Waals surface area (Å²) in [5, 5.41) is 7.90. The van der Waals surface area contributed by atoms with Gasteiger partial charge in [-0.25, -0.2) is 13.8 Å². The molecule has 0 bridgehead atoms. The quantitative estimate of drug-likeness (QED) is 0.354. The number of carbonyl (C=O) groups excluding carboxylic acids is 2. The van der Waals surface area contributed by atoms with E-state index in [9.17, 15) is 18.4 Å². The molecule has 3 N–H and O–H groups in total. The summed E-state index contributed by atoms with van der Waals surface area (Å²) in [5.41, 5.74) is 7.49. The first-order valence-corrected chi connectivity index (χ1v) is 11.4. The summed E-state index contributed by atoms with van der Waals surface area (Å²) in [7, 11) is 0. The Morgan fingerprint density at radius 2 is 1.88 bits per heavy atom. The smallest absolute Gasteiger partial charge is 0.280 e. The van der Waals surface area contributed by atoms with Crippen molar-refractivity contribution in [2.75, 3.05) is 5.32 Å². The molecule has 0 fully saturated rings. The van der Waals surface area contributed by atoms with E-state index in [4.69, 9.17) is 17.3 Å². The maximum absolute atomic E-state index is 13.6. The van der Waals surface area contributed by atoms with Crippen LogP contribution in [0.2, 0.25) is 5.02 Å². The van der Waals surface area contributed by atoms with E-state index in [1.54, 1.807) is 51.1 Å². The Morgan fingerprint density at radius 1 is 1.21 bits per heavy atom. The number of primary amides is 1. The third-order valence-electron chi connectivity index (χ3n) is 5.45. The Bertz CT molecular complexity index is 1420. The van der Waals surface area contributed by atoms with E-state index in [1.165, 1.54) is 10.7 Å². The van der Waals surface area contributed by atoms with Gasteiger partial charge < -0.3 is 11.1 Å². The third-order valence-corrected chi connectivity index (χ3v) is 7.09. The van der Waals surface area contributed by atoms with Crippen LogP contribution in [0.3, 0.4) is 0 Å². The summed E-state index contributed by atoms with van der Waals surface area (Å²) >= 11 is 7.07. The monoisotopic (exact) mass is 503 g/mol. The average molecular weight is 504 g/mol. The Hall–Kier alpha value is -3.37. The average Bonchev–Trinajstić information content (AvgIpc) is 3.31. The van der Waals surface area contributed by atoms with Crippen molar-refractivity contribution in [2.45, 2.75) is 33.2 Å². The van der Waals surface area contributed by atoms with Crippen molar-refractivity contribution in [1.29, 1.82) is 0 Å². The van der Waals surface area contributed by atoms with Crippen molar-refractivity contribution in [2.24, 2.45) is 5.73 Å². The highest BCUT2D eigenvalue weighted by molar-refractivity contribution is 7.21. The second kappa shape index (κ2) is 9.11. The first kappa shape index (κ1) is 23.8. The molecule has 176 valence electrons. The van der Waals surface area contributed by atoms with Gasteiger partial charge >= 0.3 is 0 Å². The molecule has 4 aromatic rings. The van der Waals surface area contributed by atoms with Gasteiger partial charge in [0.05, 0.1) is 22.1 Å². The largest absolute Gasteiger partial charge is 0.365 e. The van der Waals surface area contributed by atoms with Crippen LogP contribution < -0.4 is 11.1 Å². The molecule has 0 radical (unpaired) electrons. The molecule has 0 aliphatic heterocycles. The van der Waals surface area contributed by atoms with E-state index >= 15 is 0 Å². The number of fused-ring (bicyclic) bond motifs is 1. The highest BCUT2D eigenvalue weighted by Crippen LogP contribution is 2.42. The molecule has 0 saturated carbocycles. The number of alkyl halides is 2. The minimum Gasteiger partial charge on any atom is -0.365 e. The van der Waals surface area contributed by atoms with Crippen LogP contribution >= 0.6 is 22.9 Å². The Kier molecular flexibility index (Phi) is 6.37. The first-order valence-electron chi connectivity index (χ1n) is 10.2. The van der Waals surface area contributed by atoms with E-state index in [1.807, 2.05) is 0 Å². The van der Waals surface area contributed by atoms with Crippen molar-refractivity contribution in [3.05, 3.63) is 63.4 Å². The second-order valence-corrected chi connectivity index (χ2v) is 9.08. The zero-order valence-electron chi connectivity index (χ0n) is 18.4. The molecular formula is C23H20ClF2N5O2S. The number of pyridine rings is 1. The molecule has 1 atom stereocenters. The van der Waals surface area contributed by atoms with Gasteiger partial charge in [-0.3, -0.25) is 14.3 Å². The topological polar surface area (TPSA) is 103 Å². The van der Waals surface area contributed by atoms with E-state index in [0.717, 1.165) is 11.3 Å². The molecular weight excluding hydrogens is 484 g/mol. The molecule has 1 unspecified atom stereocenters. The summed E-state index contributed by atoms with van der Waals surface area (Å²) in [6.45, 7) is 5.10. The van der Waals surface area contributed by atoms with E-state index in [0.29, 0.717) is 32.9 Å². The van der Waals surface area contributed by atoms with Crippen molar-refractivity contribution >= 4 is 50.7 Å². The highest BCUT2D eigenvalue weighted by Gasteiger charge is 2.27. The Labute approximate surface area is 202 Å². The molecule has 0 aliphatic rings. The molecule has 3 heterocycles. The Morgan fingerprint density at radius 3 is 2.44 bits per heavy atom. The lowest BCUT2D eigenvalue weighted by atomic mass is 10.0. The first-order chi connectivity index (χ1) is 16.1. The number of rotatable bonds is 6. The minimum atomic E-state index is -2.82. The summed E-state index contributed by atoms with van der Waals surface area (Å²) in [6, 6.07) is 9.29. The van der Waals surface area contributed by atoms with Gasteiger partial charge in [0.1, 0.15) is 21.4 Å². The molecule has 7 nitrogen and oxygen atoms in total. The van der Waals surface area contributed by atoms with Gasteiger partial charge in [-0.1, -0.05) is 41.9 Å². The van der Waals surface area contributed by atoms with E-state index in [-0.39, 0.29) is 15.4 Å². The van der Waals surface area contributed by atoms with Crippen LogP contribution in [0, 0.1) is 13.8 Å². The normalized spacial score (nSPS) is 12.3. The number of amides is 2. The standard InChI is InChI=1S/C23H20ClF2N5O2S/c1-10-17(24)11(2)31(30-10)12(3)22(33)29-18-16-14(13-7-5-4-6-8-13)9-15(20(25)26)28-23(16)34-19(18)21(27)32/h4-9,12,20H,1-3H3,(H2,27,32)(H,29,33). The number of thiophene rings is 1. The number of hydrogen-bond acceptors (Lipinski definition) is 5. The van der Waals surface area contributed by atoms with Crippen molar-refractivity contribution < 1.29 is 18.4 Å². The molecule has 11 heteroatoms. The lowest BCUT2D eigenvalue weighted by molar-refractivity contribution is -0.119. The molecule has 4 rings (SSSR count). The predicted octanol–water partition coefficient (Wildman–Crippen LogP) is 5.67. The predicted molar refractivity (Wildman–Crippen MR) is 129 cm³/mol. The van der Waals surface area contributed by atoms with Gasteiger partial charge in [-0.15, -0.1) is 11.3 Å². The Balaban J connectivity index is 1.89. The van der Waals surface area contributed by atoms with Gasteiger partial charge in [0.25, 0.3) is 12.3 Å². The van der Waals surface area contributed by atoms with Crippen LogP contribution in [0.4, 0.5) is 14.5 Å². The summed E-state index contributed by atoms with van der Waals surface area (Å²) in [6.07, 6.45) is -2.82. The van der Waals surface area contributed by atoms with Crippen LogP contribution in [0.25, 0.3) is 21.3 Å². The van der Waals surface area contributed by atoms with Crippen LogP contribution in [-0.2, 0) is 4.79 Å². The maximum Gasteiger partial charge on any atom is 0.280 e. The number of nitrogens with one attached hydrogen (secondary N) is 1. The van der Waals surface area contributed by atoms with Crippen LogP contribution in [0.5, 0.6) is 0 Å². The number of hydrogen-bond donors (Lipinski definition) is 2. The number of carbonyl (C=O) groups is 2. The fourth-order valence-electron chi connectivity index (χ4n) is 3.73. The van der Waals surface area contributed by atoms with Gasteiger partial charge in [-0.2, -0.15) is 5.10 Å². The molecule has 2 amide bonds. The molecule has 34 heavy (non-hydrogen) atoms. The van der Waals surface area contributed by atoms with E-state index < -0.39 is 30.0 Å². The van der Waals surface area contributed by atoms with Crippen LogP contribution in [0.1, 0.15) is 46.1 Å². The number of nitrogens with zero attached hydrogens (tertiary/aromatic N) is 3. The third kappa shape index (κ3) is 4.14. The minimum absolute atomic E-state index is 0.0121. The van der Waals surface area contributed by atoms with Crippen molar-refractivity contribution in [3.63, 3.8) is 0 Å². The molecule has 0 aliphatic carbocycles. The maximum atomic E-state index is 13.6. The fourth-order valence-corrected chi connectivity index (χ4v) is 4.86. The summed E-state index contributed by atoms with van der Waals surface area (Å²) in [5.74, 6) is -1.29. The lowest BCUT2D eigenvalue weighted by Gasteiger charge is -2.16. The summed E-state index contributed by atoms with van der Waals surface area (Å²) in [4.78, 5) is 29.7. The van der Waals surface area contributed by atoms with Gasteiger partial charge in [0.15, 0.2) is 0 Å². The van der Waals surface area contributed by atoms with Crippen LogP contribution in [0.15, 0.2) is 36.4 Å². The zero-order valence-corrected chi connectivity index (χ0v) is 20.0. The molecule has 0 spiro atoms. The highest BCUT2D eigenvalue weighted by atomic mass is 35.5. The lowest BCUT2D eigenvalue weighted by Crippen LogP contribution is -2.26. The zero-order chi connectivity index (χ0) is 24.7. The fraction of sp³-hybridized carbons (Fsp3) is 0.217. The number of nitrogens with two attached hydrogens (primary N) is 1. The van der Waals surface area contributed by atoms with Crippen molar-refractivity contribution in [3.8, 4) is 11.1 Å².